The van der Waals surface area contributed by atoms with E-state index in [2.05, 4.69) is 29.3 Å². The summed E-state index contributed by atoms with van der Waals surface area (Å²) in [6.45, 7) is 5.63. The number of hydrogen-bond acceptors (Lipinski definition) is 3. The molecule has 3 rings (SSSR count). The average molecular weight is 273 g/mol. The van der Waals surface area contributed by atoms with Crippen LogP contribution in [0.25, 0.3) is 0 Å². The van der Waals surface area contributed by atoms with Crippen LogP contribution in [0.1, 0.15) is 50.3 Å². The van der Waals surface area contributed by atoms with Crippen molar-refractivity contribution in [2.45, 2.75) is 57.9 Å². The van der Waals surface area contributed by atoms with Gasteiger partial charge in [-0.05, 0) is 63.1 Å². The highest BCUT2D eigenvalue weighted by atomic mass is 15.2. The minimum absolute atomic E-state index is 0.627. The van der Waals surface area contributed by atoms with Gasteiger partial charge in [-0.3, -0.25) is 0 Å². The fourth-order valence-electron chi connectivity index (χ4n) is 3.53. The van der Waals surface area contributed by atoms with Crippen LogP contribution in [0.4, 0.5) is 5.82 Å². The number of piperidine rings is 1. The molecule has 0 saturated carbocycles. The smallest absolute Gasteiger partial charge is 0.129 e. The molecule has 1 aromatic rings. The maximum atomic E-state index is 4.95. The third-order valence-electron chi connectivity index (χ3n) is 4.64. The molecule has 1 atom stereocenters. The summed E-state index contributed by atoms with van der Waals surface area (Å²) in [5.74, 6) is 1.22. The first kappa shape index (κ1) is 13.9. The molecule has 1 N–H and O–H groups in total. The van der Waals surface area contributed by atoms with E-state index in [0.29, 0.717) is 6.04 Å². The predicted octanol–water partition coefficient (Wildman–Crippen LogP) is 2.93. The molecule has 0 amide bonds. The van der Waals surface area contributed by atoms with E-state index in [1.165, 1.54) is 68.6 Å². The Bertz CT molecular complexity index is 444. The fourth-order valence-corrected chi connectivity index (χ4v) is 3.53. The zero-order chi connectivity index (χ0) is 13.8. The fraction of sp³-hybridized carbons (Fsp3) is 0.706. The molecule has 1 aromatic heterocycles. The van der Waals surface area contributed by atoms with E-state index in [1.54, 1.807) is 0 Å². The van der Waals surface area contributed by atoms with Crippen molar-refractivity contribution in [3.63, 3.8) is 0 Å². The SMILES string of the molecule is CCCNCC1CCCCN1c1ccc2c(n1)CCC2. The Balaban J connectivity index is 1.72. The van der Waals surface area contributed by atoms with Crippen molar-refractivity contribution in [1.82, 2.24) is 10.3 Å². The third-order valence-corrected chi connectivity index (χ3v) is 4.64. The van der Waals surface area contributed by atoms with Crippen LogP contribution >= 0.6 is 0 Å². The molecule has 1 aliphatic heterocycles. The Labute approximate surface area is 122 Å². The van der Waals surface area contributed by atoms with Crippen LogP contribution in [0, 0.1) is 0 Å². The highest BCUT2D eigenvalue weighted by Crippen LogP contribution is 2.27. The van der Waals surface area contributed by atoms with Crippen LogP contribution in [-0.4, -0.2) is 30.7 Å². The van der Waals surface area contributed by atoms with Crippen molar-refractivity contribution >= 4 is 5.82 Å². The first-order valence-electron chi connectivity index (χ1n) is 8.34. The van der Waals surface area contributed by atoms with Crippen molar-refractivity contribution in [2.24, 2.45) is 0 Å². The number of anilines is 1. The Morgan fingerprint density at radius 1 is 1.25 bits per heavy atom. The summed E-state index contributed by atoms with van der Waals surface area (Å²) in [4.78, 5) is 7.50. The van der Waals surface area contributed by atoms with Gasteiger partial charge in [-0.25, -0.2) is 4.98 Å². The Morgan fingerprint density at radius 3 is 3.10 bits per heavy atom. The minimum Gasteiger partial charge on any atom is -0.352 e. The van der Waals surface area contributed by atoms with E-state index >= 15 is 0 Å². The van der Waals surface area contributed by atoms with Crippen molar-refractivity contribution < 1.29 is 0 Å². The molecule has 1 aliphatic carbocycles. The van der Waals surface area contributed by atoms with Gasteiger partial charge in [0.05, 0.1) is 0 Å². The van der Waals surface area contributed by atoms with Crippen LogP contribution in [0.2, 0.25) is 0 Å². The summed E-state index contributed by atoms with van der Waals surface area (Å²) in [6.07, 6.45) is 8.87. The van der Waals surface area contributed by atoms with E-state index in [1.807, 2.05) is 0 Å². The first-order chi connectivity index (χ1) is 9.88. The summed E-state index contributed by atoms with van der Waals surface area (Å²) in [7, 11) is 0. The Hall–Kier alpha value is -1.09. The normalized spacial score (nSPS) is 22.1. The molecule has 1 saturated heterocycles. The van der Waals surface area contributed by atoms with Crippen molar-refractivity contribution in [2.75, 3.05) is 24.5 Å². The summed E-state index contributed by atoms with van der Waals surface area (Å²) < 4.78 is 0. The van der Waals surface area contributed by atoms with Gasteiger partial charge in [-0.1, -0.05) is 13.0 Å². The number of aromatic nitrogens is 1. The molecular formula is C17H27N3. The van der Waals surface area contributed by atoms with Crippen LogP contribution in [0.15, 0.2) is 12.1 Å². The van der Waals surface area contributed by atoms with Crippen molar-refractivity contribution in [1.29, 1.82) is 0 Å². The summed E-state index contributed by atoms with van der Waals surface area (Å²) >= 11 is 0. The number of nitrogens with one attached hydrogen (secondary N) is 1. The number of aryl methyl sites for hydroxylation is 2. The van der Waals surface area contributed by atoms with Crippen molar-refractivity contribution in [3.05, 3.63) is 23.4 Å². The average Bonchev–Trinajstić information content (AvgIpc) is 2.95. The molecule has 1 unspecified atom stereocenters. The zero-order valence-electron chi connectivity index (χ0n) is 12.7. The minimum atomic E-state index is 0.627. The van der Waals surface area contributed by atoms with Crippen LogP contribution in [0.5, 0.6) is 0 Å². The quantitative estimate of drug-likeness (QED) is 0.836. The van der Waals surface area contributed by atoms with Crippen LogP contribution < -0.4 is 10.2 Å². The predicted molar refractivity (Wildman–Crippen MR) is 84.4 cm³/mol. The second-order valence-corrected chi connectivity index (χ2v) is 6.18. The number of nitrogens with zero attached hydrogens (tertiary/aromatic N) is 2. The molecule has 0 aromatic carbocycles. The van der Waals surface area contributed by atoms with E-state index in [4.69, 9.17) is 4.98 Å². The molecule has 2 heterocycles. The number of hydrogen-bond donors (Lipinski definition) is 1. The molecular weight excluding hydrogens is 246 g/mol. The highest BCUT2D eigenvalue weighted by Gasteiger charge is 2.24. The highest BCUT2D eigenvalue weighted by molar-refractivity contribution is 5.44. The van der Waals surface area contributed by atoms with E-state index in [-0.39, 0.29) is 0 Å². The molecule has 1 fully saturated rings. The molecule has 2 aliphatic rings. The monoisotopic (exact) mass is 273 g/mol. The third kappa shape index (κ3) is 2.98. The second-order valence-electron chi connectivity index (χ2n) is 6.18. The van der Waals surface area contributed by atoms with E-state index in [9.17, 15) is 0 Å². The standard InChI is InChI=1S/C17H27N3/c1-2-11-18-13-15-7-3-4-12-20(15)17-10-9-14-6-5-8-16(14)19-17/h9-10,15,18H,2-8,11-13H2,1H3. The summed E-state index contributed by atoms with van der Waals surface area (Å²) in [5.41, 5.74) is 2.83. The van der Waals surface area contributed by atoms with Crippen LogP contribution in [0.3, 0.4) is 0 Å². The topological polar surface area (TPSA) is 28.2 Å². The lowest BCUT2D eigenvalue weighted by molar-refractivity contribution is 0.433. The Morgan fingerprint density at radius 2 is 2.20 bits per heavy atom. The lowest BCUT2D eigenvalue weighted by atomic mass is 10.0. The maximum absolute atomic E-state index is 4.95. The number of rotatable bonds is 5. The lowest BCUT2D eigenvalue weighted by Gasteiger charge is -2.37. The van der Waals surface area contributed by atoms with Gasteiger partial charge >= 0.3 is 0 Å². The molecule has 110 valence electrons. The molecule has 3 heteroatoms. The van der Waals surface area contributed by atoms with Gasteiger partial charge in [0.15, 0.2) is 0 Å². The van der Waals surface area contributed by atoms with Gasteiger partial charge in [-0.2, -0.15) is 0 Å². The van der Waals surface area contributed by atoms with Gasteiger partial charge in [-0.15, -0.1) is 0 Å². The Kier molecular flexibility index (Phi) is 4.56. The first-order valence-corrected chi connectivity index (χ1v) is 8.34. The van der Waals surface area contributed by atoms with Crippen LogP contribution in [-0.2, 0) is 12.8 Å². The van der Waals surface area contributed by atoms with Gasteiger partial charge in [0.25, 0.3) is 0 Å². The second kappa shape index (κ2) is 6.57. The zero-order valence-corrected chi connectivity index (χ0v) is 12.7. The van der Waals surface area contributed by atoms with E-state index in [0.717, 1.165) is 13.1 Å². The van der Waals surface area contributed by atoms with Gasteiger partial charge in [0.2, 0.25) is 0 Å². The van der Waals surface area contributed by atoms with Gasteiger partial charge in [0, 0.05) is 24.8 Å². The van der Waals surface area contributed by atoms with Crippen molar-refractivity contribution in [3.8, 4) is 0 Å². The molecule has 0 radical (unpaired) electrons. The molecule has 3 nitrogen and oxygen atoms in total. The lowest BCUT2D eigenvalue weighted by Crippen LogP contribution is -2.46. The largest absolute Gasteiger partial charge is 0.352 e. The molecule has 0 spiro atoms. The van der Waals surface area contributed by atoms with Gasteiger partial charge in [0.1, 0.15) is 5.82 Å². The molecule has 20 heavy (non-hydrogen) atoms. The molecule has 0 bridgehead atoms. The number of pyridine rings is 1. The summed E-state index contributed by atoms with van der Waals surface area (Å²) in [6, 6.07) is 5.19. The summed E-state index contributed by atoms with van der Waals surface area (Å²) in [5, 5.41) is 3.59. The van der Waals surface area contributed by atoms with Gasteiger partial charge < -0.3 is 10.2 Å². The maximum Gasteiger partial charge on any atom is 0.129 e. The number of fused-ring (bicyclic) bond motifs is 1. The van der Waals surface area contributed by atoms with E-state index < -0.39 is 0 Å².